The zero-order valence-corrected chi connectivity index (χ0v) is 20.3. The van der Waals surface area contributed by atoms with Crippen molar-refractivity contribution in [3.63, 3.8) is 0 Å². The van der Waals surface area contributed by atoms with Gasteiger partial charge in [0.15, 0.2) is 5.65 Å². The van der Waals surface area contributed by atoms with E-state index >= 15 is 0 Å². The Balaban J connectivity index is 1.47. The zero-order valence-electron chi connectivity index (χ0n) is 18.8. The maximum absolute atomic E-state index is 13.3. The van der Waals surface area contributed by atoms with E-state index in [4.69, 9.17) is 28.3 Å². The van der Waals surface area contributed by atoms with Crippen LogP contribution in [-0.4, -0.2) is 28.9 Å². The Bertz CT molecular complexity index is 1720. The van der Waals surface area contributed by atoms with Crippen molar-refractivity contribution in [3.05, 3.63) is 124 Å². The minimum absolute atomic E-state index is 0.308. The highest BCUT2D eigenvalue weighted by Crippen LogP contribution is 2.35. The van der Waals surface area contributed by atoms with Gasteiger partial charge >= 0.3 is 5.69 Å². The highest BCUT2D eigenvalue weighted by atomic mass is 35.5. The van der Waals surface area contributed by atoms with Gasteiger partial charge in [0.05, 0.1) is 19.1 Å². The van der Waals surface area contributed by atoms with Crippen LogP contribution >= 0.6 is 23.2 Å². The van der Waals surface area contributed by atoms with E-state index in [-0.39, 0.29) is 5.69 Å². The summed E-state index contributed by atoms with van der Waals surface area (Å²) in [5.41, 5.74) is 5.48. The van der Waals surface area contributed by atoms with Crippen LogP contribution in [0.4, 0.5) is 0 Å². The number of rotatable bonds is 5. The summed E-state index contributed by atoms with van der Waals surface area (Å²) in [5.74, 6) is 0. The van der Waals surface area contributed by atoms with Crippen LogP contribution in [0.2, 0.25) is 10.0 Å². The van der Waals surface area contributed by atoms with E-state index in [1.165, 1.54) is 9.20 Å². The van der Waals surface area contributed by atoms with Crippen molar-refractivity contribution in [3.8, 4) is 27.9 Å². The van der Waals surface area contributed by atoms with Crippen LogP contribution in [0, 0.1) is 0 Å². The van der Waals surface area contributed by atoms with Crippen LogP contribution in [0.1, 0.15) is 5.56 Å². The standard InChI is InChI=1S/C27H18Cl2N6O/c28-21-7-3-19(4-8-21)24-15-31-35-26(25(24)20-5-9-22(29)10-6-20)32-34(27(35)36)16-18-1-11-23(12-2-18)33-14-13-30-17-33/h1-15,17H,16H2. The van der Waals surface area contributed by atoms with Crippen molar-refractivity contribution < 1.29 is 0 Å². The fraction of sp³-hybridized carbons (Fsp3) is 0.0370. The predicted octanol–water partition coefficient (Wildman–Crippen LogP) is 5.77. The molecule has 0 saturated heterocycles. The van der Waals surface area contributed by atoms with E-state index in [1.54, 1.807) is 18.7 Å². The molecule has 6 rings (SSSR count). The largest absolute Gasteiger partial charge is 0.367 e. The molecule has 176 valence electrons. The van der Waals surface area contributed by atoms with Crippen LogP contribution in [0.5, 0.6) is 0 Å². The van der Waals surface area contributed by atoms with E-state index < -0.39 is 0 Å². The number of hydrogen-bond donors (Lipinski definition) is 0. The summed E-state index contributed by atoms with van der Waals surface area (Å²) in [6.45, 7) is 0.308. The van der Waals surface area contributed by atoms with Gasteiger partial charge in [-0.2, -0.15) is 9.61 Å². The minimum Gasteiger partial charge on any atom is -0.306 e. The molecule has 36 heavy (non-hydrogen) atoms. The molecule has 0 spiro atoms. The van der Waals surface area contributed by atoms with Crippen LogP contribution in [0.15, 0.2) is 103 Å². The quantitative estimate of drug-likeness (QED) is 0.294. The molecule has 3 heterocycles. The van der Waals surface area contributed by atoms with Gasteiger partial charge in [-0.25, -0.2) is 14.5 Å². The van der Waals surface area contributed by atoms with Crippen LogP contribution in [0.25, 0.3) is 33.6 Å². The lowest BCUT2D eigenvalue weighted by Gasteiger charge is -2.11. The SMILES string of the molecule is O=c1n(Cc2ccc(-n3ccnc3)cc2)nc2c(-c3ccc(Cl)cc3)c(-c3ccc(Cl)cc3)cnn12. The number of hydrogen-bond acceptors (Lipinski definition) is 4. The third-order valence-electron chi connectivity index (χ3n) is 5.97. The van der Waals surface area contributed by atoms with E-state index in [0.717, 1.165) is 33.5 Å². The summed E-state index contributed by atoms with van der Waals surface area (Å²) in [6, 6.07) is 22.9. The number of halogens is 2. The summed E-state index contributed by atoms with van der Waals surface area (Å²) in [7, 11) is 0. The van der Waals surface area contributed by atoms with Gasteiger partial charge in [0.25, 0.3) is 0 Å². The summed E-state index contributed by atoms with van der Waals surface area (Å²) in [6.07, 6.45) is 7.04. The molecule has 0 bridgehead atoms. The first kappa shape index (κ1) is 22.3. The fourth-order valence-electron chi connectivity index (χ4n) is 4.17. The molecule has 0 amide bonds. The molecule has 0 unspecified atom stereocenters. The van der Waals surface area contributed by atoms with Crippen molar-refractivity contribution in [2.24, 2.45) is 0 Å². The molecule has 3 aromatic carbocycles. The highest BCUT2D eigenvalue weighted by Gasteiger charge is 2.19. The number of fused-ring (bicyclic) bond motifs is 1. The maximum Gasteiger partial charge on any atom is 0.367 e. The van der Waals surface area contributed by atoms with Gasteiger partial charge in [0.2, 0.25) is 0 Å². The molecule has 9 heteroatoms. The molecule has 0 aliphatic rings. The lowest BCUT2D eigenvalue weighted by atomic mass is 9.97. The van der Waals surface area contributed by atoms with Gasteiger partial charge in [-0.3, -0.25) is 0 Å². The first-order valence-electron chi connectivity index (χ1n) is 11.1. The molecule has 0 aliphatic carbocycles. The smallest absolute Gasteiger partial charge is 0.306 e. The molecule has 0 atom stereocenters. The number of nitrogens with zero attached hydrogens (tertiary/aromatic N) is 6. The van der Waals surface area contributed by atoms with Crippen molar-refractivity contribution in [2.45, 2.75) is 6.54 Å². The Morgan fingerprint density at radius 2 is 1.47 bits per heavy atom. The van der Waals surface area contributed by atoms with Gasteiger partial charge in [-0.1, -0.05) is 59.6 Å². The molecule has 3 aromatic heterocycles. The topological polar surface area (TPSA) is 70.0 Å². The van der Waals surface area contributed by atoms with Gasteiger partial charge < -0.3 is 4.57 Å². The predicted molar refractivity (Wildman–Crippen MR) is 141 cm³/mol. The first-order valence-corrected chi connectivity index (χ1v) is 11.9. The number of aromatic nitrogens is 6. The first-order chi connectivity index (χ1) is 17.6. The molecular weight excluding hydrogens is 495 g/mol. The molecule has 0 saturated carbocycles. The molecule has 0 fully saturated rings. The lowest BCUT2D eigenvalue weighted by Crippen LogP contribution is -2.23. The monoisotopic (exact) mass is 512 g/mol. The van der Waals surface area contributed by atoms with Crippen LogP contribution in [-0.2, 0) is 6.54 Å². The Morgan fingerprint density at radius 1 is 0.806 bits per heavy atom. The van der Waals surface area contributed by atoms with Crippen molar-refractivity contribution in [2.75, 3.05) is 0 Å². The highest BCUT2D eigenvalue weighted by molar-refractivity contribution is 6.31. The van der Waals surface area contributed by atoms with Crippen molar-refractivity contribution in [1.29, 1.82) is 0 Å². The lowest BCUT2D eigenvalue weighted by molar-refractivity contribution is 0.650. The minimum atomic E-state index is -0.318. The summed E-state index contributed by atoms with van der Waals surface area (Å²) in [5, 5.41) is 10.4. The van der Waals surface area contributed by atoms with E-state index in [2.05, 4.69) is 10.1 Å². The molecular formula is C27H18Cl2N6O. The van der Waals surface area contributed by atoms with Gasteiger partial charge in [-0.05, 0) is 53.1 Å². The molecule has 0 aliphatic heterocycles. The molecule has 0 N–H and O–H groups in total. The van der Waals surface area contributed by atoms with Crippen LogP contribution < -0.4 is 5.69 Å². The second kappa shape index (κ2) is 9.11. The second-order valence-electron chi connectivity index (χ2n) is 8.26. The average Bonchev–Trinajstić information content (AvgIpc) is 3.54. The Kier molecular flexibility index (Phi) is 5.64. The maximum atomic E-state index is 13.3. The molecule has 0 radical (unpaired) electrons. The van der Waals surface area contributed by atoms with Crippen LogP contribution in [0.3, 0.4) is 0 Å². The van der Waals surface area contributed by atoms with Gasteiger partial charge in [0, 0.05) is 39.3 Å². The fourth-order valence-corrected chi connectivity index (χ4v) is 4.42. The second-order valence-corrected chi connectivity index (χ2v) is 9.13. The van der Waals surface area contributed by atoms with E-state index in [9.17, 15) is 4.79 Å². The summed E-state index contributed by atoms with van der Waals surface area (Å²) < 4.78 is 4.68. The van der Waals surface area contributed by atoms with Crippen molar-refractivity contribution >= 4 is 28.8 Å². The van der Waals surface area contributed by atoms with Gasteiger partial charge in [0.1, 0.15) is 0 Å². The summed E-state index contributed by atoms with van der Waals surface area (Å²) >= 11 is 12.3. The number of imidazole rings is 1. The normalized spacial score (nSPS) is 11.3. The number of benzene rings is 3. The molecule has 7 nitrogen and oxygen atoms in total. The Morgan fingerprint density at radius 3 is 2.11 bits per heavy atom. The average molecular weight is 513 g/mol. The van der Waals surface area contributed by atoms with E-state index in [0.29, 0.717) is 22.2 Å². The van der Waals surface area contributed by atoms with Gasteiger partial charge in [-0.15, -0.1) is 5.10 Å². The summed E-state index contributed by atoms with van der Waals surface area (Å²) in [4.78, 5) is 17.3. The third-order valence-corrected chi connectivity index (χ3v) is 6.48. The Labute approximate surface area is 215 Å². The Hall–Kier alpha value is -4.20. The molecule has 6 aromatic rings. The van der Waals surface area contributed by atoms with E-state index in [1.807, 2.05) is 83.6 Å². The third kappa shape index (κ3) is 4.08. The zero-order chi connectivity index (χ0) is 24.6. The van der Waals surface area contributed by atoms with Crippen molar-refractivity contribution in [1.82, 2.24) is 28.9 Å².